The van der Waals surface area contributed by atoms with Gasteiger partial charge in [0.1, 0.15) is 11.9 Å². The third kappa shape index (κ3) is 2.51. The Bertz CT molecular complexity index is 356. The molecule has 4 heteroatoms. The highest BCUT2D eigenvalue weighted by Crippen LogP contribution is 2.42. The van der Waals surface area contributed by atoms with Gasteiger partial charge in [-0.25, -0.2) is 4.79 Å². The average Bonchev–Trinajstić information content (AvgIpc) is 2.74. The van der Waals surface area contributed by atoms with Crippen molar-refractivity contribution in [3.05, 3.63) is 12.2 Å². The van der Waals surface area contributed by atoms with Crippen LogP contribution in [-0.4, -0.2) is 24.0 Å². The fraction of sp³-hybridized carbons (Fsp3) is 0.692. The van der Waals surface area contributed by atoms with E-state index in [-0.39, 0.29) is 23.8 Å². The minimum Gasteiger partial charge on any atom is -0.444 e. The molecule has 1 fully saturated rings. The average molecular weight is 237 g/mol. The van der Waals surface area contributed by atoms with Gasteiger partial charge in [-0.05, 0) is 39.0 Å². The van der Waals surface area contributed by atoms with E-state index in [1.807, 2.05) is 20.8 Å². The molecule has 0 aromatic rings. The highest BCUT2D eigenvalue weighted by atomic mass is 16.6. The molecule has 1 amide bonds. The van der Waals surface area contributed by atoms with E-state index < -0.39 is 11.7 Å². The molecular formula is C13H19NO3. The van der Waals surface area contributed by atoms with Gasteiger partial charge < -0.3 is 14.8 Å². The van der Waals surface area contributed by atoms with Gasteiger partial charge in [-0.15, -0.1) is 0 Å². The molecule has 2 aliphatic carbocycles. The zero-order valence-electron chi connectivity index (χ0n) is 10.5. The summed E-state index contributed by atoms with van der Waals surface area (Å²) in [4.78, 5) is 22.7. The Morgan fingerprint density at radius 3 is 2.59 bits per heavy atom. The molecule has 17 heavy (non-hydrogen) atoms. The summed E-state index contributed by atoms with van der Waals surface area (Å²) in [6.07, 6.45) is 5.65. The maximum absolute atomic E-state index is 11.7. The number of ether oxygens (including phenoxy) is 1. The maximum atomic E-state index is 11.7. The molecule has 0 saturated heterocycles. The number of aldehydes is 1. The molecule has 0 spiro atoms. The van der Waals surface area contributed by atoms with E-state index in [9.17, 15) is 9.59 Å². The summed E-state index contributed by atoms with van der Waals surface area (Å²) >= 11 is 0. The van der Waals surface area contributed by atoms with Crippen molar-refractivity contribution in [2.75, 3.05) is 0 Å². The van der Waals surface area contributed by atoms with Crippen LogP contribution in [0.25, 0.3) is 0 Å². The quantitative estimate of drug-likeness (QED) is 0.589. The van der Waals surface area contributed by atoms with Crippen molar-refractivity contribution in [1.82, 2.24) is 5.32 Å². The van der Waals surface area contributed by atoms with E-state index in [0.717, 1.165) is 12.7 Å². The monoisotopic (exact) mass is 237 g/mol. The summed E-state index contributed by atoms with van der Waals surface area (Å²) in [6.45, 7) is 5.47. The van der Waals surface area contributed by atoms with Gasteiger partial charge in [-0.3, -0.25) is 0 Å². The van der Waals surface area contributed by atoms with Gasteiger partial charge in [0.05, 0.1) is 0 Å². The lowest BCUT2D eigenvalue weighted by molar-refractivity contribution is -0.112. The fourth-order valence-electron chi connectivity index (χ4n) is 2.69. The topological polar surface area (TPSA) is 55.4 Å². The van der Waals surface area contributed by atoms with E-state index in [4.69, 9.17) is 4.74 Å². The smallest absolute Gasteiger partial charge is 0.407 e. The first-order valence-corrected chi connectivity index (χ1v) is 6.04. The highest BCUT2D eigenvalue weighted by Gasteiger charge is 2.45. The number of hydrogen-bond acceptors (Lipinski definition) is 3. The zero-order chi connectivity index (χ0) is 12.6. The molecule has 0 heterocycles. The van der Waals surface area contributed by atoms with Crippen molar-refractivity contribution in [2.24, 2.45) is 17.8 Å². The molecular weight excluding hydrogens is 218 g/mol. The van der Waals surface area contributed by atoms with Gasteiger partial charge in [0.15, 0.2) is 0 Å². The molecule has 4 atom stereocenters. The van der Waals surface area contributed by atoms with Crippen molar-refractivity contribution in [3.63, 3.8) is 0 Å². The lowest BCUT2D eigenvalue weighted by atomic mass is 9.90. The second-order valence-electron chi connectivity index (χ2n) is 5.83. The van der Waals surface area contributed by atoms with E-state index >= 15 is 0 Å². The zero-order valence-corrected chi connectivity index (χ0v) is 10.5. The molecule has 2 bridgehead atoms. The normalized spacial score (nSPS) is 34.8. The molecule has 0 aliphatic heterocycles. The minimum atomic E-state index is -0.506. The van der Waals surface area contributed by atoms with Crippen LogP contribution >= 0.6 is 0 Å². The van der Waals surface area contributed by atoms with Crippen LogP contribution in [0.1, 0.15) is 27.2 Å². The van der Waals surface area contributed by atoms with Crippen LogP contribution in [0.5, 0.6) is 0 Å². The maximum Gasteiger partial charge on any atom is 0.407 e. The van der Waals surface area contributed by atoms with Crippen LogP contribution in [0.4, 0.5) is 4.79 Å². The van der Waals surface area contributed by atoms with Crippen LogP contribution in [0.15, 0.2) is 12.2 Å². The molecule has 4 nitrogen and oxygen atoms in total. The van der Waals surface area contributed by atoms with E-state index in [2.05, 4.69) is 17.5 Å². The SMILES string of the molecule is CC(C)(C)OC(=O)NC1C2C=CC(C2)C1C=O. The molecule has 0 radical (unpaired) electrons. The lowest BCUT2D eigenvalue weighted by Crippen LogP contribution is -2.45. The molecule has 1 saturated carbocycles. The third-order valence-electron chi connectivity index (χ3n) is 3.36. The number of allylic oxidation sites excluding steroid dienone is 1. The number of rotatable bonds is 2. The molecule has 94 valence electrons. The third-order valence-corrected chi connectivity index (χ3v) is 3.36. The summed E-state index contributed by atoms with van der Waals surface area (Å²) < 4.78 is 5.21. The van der Waals surface area contributed by atoms with Gasteiger partial charge in [-0.2, -0.15) is 0 Å². The Balaban J connectivity index is 1.97. The first-order chi connectivity index (χ1) is 7.90. The number of carbonyl (C=O) groups excluding carboxylic acids is 2. The molecule has 2 rings (SSSR count). The first-order valence-electron chi connectivity index (χ1n) is 6.04. The van der Waals surface area contributed by atoms with Crippen LogP contribution in [0.2, 0.25) is 0 Å². The second kappa shape index (κ2) is 4.17. The number of amides is 1. The number of carbonyl (C=O) groups is 2. The van der Waals surface area contributed by atoms with Crippen LogP contribution in [-0.2, 0) is 9.53 Å². The summed E-state index contributed by atoms with van der Waals surface area (Å²) in [5, 5.41) is 2.82. The summed E-state index contributed by atoms with van der Waals surface area (Å²) in [5.74, 6) is 0.470. The Morgan fingerprint density at radius 1 is 1.35 bits per heavy atom. The molecule has 1 N–H and O–H groups in total. The van der Waals surface area contributed by atoms with Gasteiger partial charge in [-0.1, -0.05) is 12.2 Å². The van der Waals surface area contributed by atoms with Crippen molar-refractivity contribution in [2.45, 2.75) is 38.8 Å². The first kappa shape index (κ1) is 12.1. The molecule has 0 aromatic heterocycles. The van der Waals surface area contributed by atoms with E-state index in [1.165, 1.54) is 0 Å². The van der Waals surface area contributed by atoms with Gasteiger partial charge in [0, 0.05) is 12.0 Å². The number of nitrogens with one attached hydrogen (secondary N) is 1. The van der Waals surface area contributed by atoms with Crippen LogP contribution in [0, 0.1) is 17.8 Å². The fourth-order valence-corrected chi connectivity index (χ4v) is 2.69. The largest absolute Gasteiger partial charge is 0.444 e. The number of alkyl carbamates (subject to hydrolysis) is 1. The van der Waals surface area contributed by atoms with Crippen LogP contribution < -0.4 is 5.32 Å². The number of hydrogen-bond donors (Lipinski definition) is 1. The lowest BCUT2D eigenvalue weighted by Gasteiger charge is -2.27. The summed E-state index contributed by atoms with van der Waals surface area (Å²) in [5.41, 5.74) is -0.506. The van der Waals surface area contributed by atoms with Crippen LogP contribution in [0.3, 0.4) is 0 Å². The number of fused-ring (bicyclic) bond motifs is 2. The summed E-state index contributed by atoms with van der Waals surface area (Å²) in [6, 6.07) is -0.0997. The van der Waals surface area contributed by atoms with Crippen molar-refractivity contribution < 1.29 is 14.3 Å². The highest BCUT2D eigenvalue weighted by molar-refractivity contribution is 5.70. The Hall–Kier alpha value is -1.32. The van der Waals surface area contributed by atoms with Gasteiger partial charge in [0.2, 0.25) is 0 Å². The second-order valence-corrected chi connectivity index (χ2v) is 5.83. The minimum absolute atomic E-state index is 0.0995. The molecule has 4 unspecified atom stereocenters. The Kier molecular flexibility index (Phi) is 2.98. The molecule has 2 aliphatic rings. The van der Waals surface area contributed by atoms with Crippen molar-refractivity contribution in [3.8, 4) is 0 Å². The Morgan fingerprint density at radius 2 is 2.00 bits per heavy atom. The van der Waals surface area contributed by atoms with Crippen molar-refractivity contribution in [1.29, 1.82) is 0 Å². The standard InChI is InChI=1S/C13H19NO3/c1-13(2,3)17-12(16)14-11-9-5-4-8(6-9)10(11)7-15/h4-5,7-11H,6H2,1-3H3,(H,14,16). The van der Waals surface area contributed by atoms with Gasteiger partial charge >= 0.3 is 6.09 Å². The summed E-state index contributed by atoms with van der Waals surface area (Å²) in [7, 11) is 0. The van der Waals surface area contributed by atoms with Crippen molar-refractivity contribution >= 4 is 12.4 Å². The predicted octanol–water partition coefficient (Wildman–Crippen LogP) is 1.90. The molecule has 0 aromatic carbocycles. The van der Waals surface area contributed by atoms with E-state index in [1.54, 1.807) is 0 Å². The Labute approximate surface area is 101 Å². The predicted molar refractivity (Wildman–Crippen MR) is 63.4 cm³/mol. The van der Waals surface area contributed by atoms with E-state index in [0.29, 0.717) is 0 Å². The van der Waals surface area contributed by atoms with Gasteiger partial charge in [0.25, 0.3) is 0 Å².